The predicted molar refractivity (Wildman–Crippen MR) is 159 cm³/mol. The van der Waals surface area contributed by atoms with E-state index in [-0.39, 0.29) is 12.5 Å². The Hall–Kier alpha value is -1.70. The van der Waals surface area contributed by atoms with Crippen molar-refractivity contribution in [2.45, 2.75) is 193 Å². The van der Waals surface area contributed by atoms with Gasteiger partial charge in [-0.15, -0.1) is 0 Å². The van der Waals surface area contributed by atoms with Gasteiger partial charge in [-0.05, 0) is 32.1 Å². The van der Waals surface area contributed by atoms with Crippen LogP contribution in [0, 0.1) is 0 Å². The maximum atomic E-state index is 14.2. The quantitative estimate of drug-likeness (QED) is 0.0706. The fraction of sp³-hybridized carbons (Fsp3) is 0.909. The predicted octanol–water partition coefficient (Wildman–Crippen LogP) is 7.64. The van der Waals surface area contributed by atoms with Gasteiger partial charge < -0.3 is 24.5 Å². The lowest BCUT2D eigenvalue weighted by atomic mass is 9.95. The normalized spacial score (nSPS) is 14.3. The number of hydrogen-bond donors (Lipinski definition) is 1. The van der Waals surface area contributed by atoms with Gasteiger partial charge in [-0.2, -0.15) is 0 Å². The lowest BCUT2D eigenvalue weighted by Crippen LogP contribution is -2.48. The van der Waals surface area contributed by atoms with Crippen LogP contribution in [0.25, 0.3) is 0 Å². The molecule has 3 unspecified atom stereocenters. The zero-order valence-corrected chi connectivity index (χ0v) is 26.4. The molecule has 0 aromatic rings. The van der Waals surface area contributed by atoms with Crippen molar-refractivity contribution in [1.29, 1.82) is 0 Å². The van der Waals surface area contributed by atoms with E-state index in [9.17, 15) is 29.0 Å². The summed E-state index contributed by atoms with van der Waals surface area (Å²) < 4.78 is 24.6. The lowest BCUT2D eigenvalue weighted by Gasteiger charge is -2.27. The summed E-state index contributed by atoms with van der Waals surface area (Å²) in [5.41, 5.74) is -2.74. The number of alkyl halides is 1. The van der Waals surface area contributed by atoms with Crippen LogP contribution in [-0.2, 0) is 23.9 Å². The van der Waals surface area contributed by atoms with E-state index in [0.717, 1.165) is 64.2 Å². The minimum Gasteiger partial charge on any atom is -0.550 e. The minimum absolute atomic E-state index is 0.0589. The van der Waals surface area contributed by atoms with Gasteiger partial charge in [-0.1, -0.05) is 124 Å². The van der Waals surface area contributed by atoms with Crippen LogP contribution in [0.2, 0.25) is 0 Å². The molecule has 0 aliphatic carbocycles. The molecule has 7 nitrogen and oxygen atoms in total. The monoisotopic (exact) mass is 587 g/mol. The molecule has 0 saturated carbocycles. The molecule has 0 aromatic heterocycles. The number of aliphatic carboxylic acids is 1. The zero-order valence-electron chi connectivity index (χ0n) is 26.4. The van der Waals surface area contributed by atoms with Gasteiger partial charge in [0.1, 0.15) is 6.10 Å². The summed E-state index contributed by atoms with van der Waals surface area (Å²) in [5.74, 6) is -4.11. The third-order valence-electron chi connectivity index (χ3n) is 7.58. The highest BCUT2D eigenvalue weighted by Crippen LogP contribution is 2.24. The highest BCUT2D eigenvalue weighted by atomic mass is 19.1. The molecule has 242 valence electrons. The largest absolute Gasteiger partial charge is 0.550 e. The Morgan fingerprint density at radius 1 is 0.634 bits per heavy atom. The van der Waals surface area contributed by atoms with Crippen LogP contribution in [0.4, 0.5) is 4.39 Å². The van der Waals surface area contributed by atoms with Crippen LogP contribution in [0.5, 0.6) is 0 Å². The molecule has 0 radical (unpaired) electrons. The van der Waals surface area contributed by atoms with Crippen molar-refractivity contribution in [3.63, 3.8) is 0 Å². The van der Waals surface area contributed by atoms with E-state index in [0.29, 0.717) is 19.3 Å². The molecule has 0 heterocycles. The number of carboxylic acids is 1. The summed E-state index contributed by atoms with van der Waals surface area (Å²) in [5, 5.41) is 22.1. The molecule has 3 atom stereocenters. The number of esters is 2. The Balaban J connectivity index is 4.96. The maximum absolute atomic E-state index is 14.2. The van der Waals surface area contributed by atoms with Gasteiger partial charge >= 0.3 is 11.9 Å². The third-order valence-corrected chi connectivity index (χ3v) is 7.58. The SMILES string of the molecule is CCCCCCCCCCCC(CCCCCCCC)OC(=O)CC(O)(CC(=O)[O-])C(=O)OC(F)CCCCCC. The smallest absolute Gasteiger partial charge is 0.341 e. The van der Waals surface area contributed by atoms with Crippen LogP contribution < -0.4 is 5.11 Å². The Labute approximate surface area is 249 Å². The van der Waals surface area contributed by atoms with Crippen molar-refractivity contribution >= 4 is 17.9 Å². The van der Waals surface area contributed by atoms with Crippen molar-refractivity contribution in [2.75, 3.05) is 0 Å². The van der Waals surface area contributed by atoms with Crippen LogP contribution >= 0.6 is 0 Å². The number of carbonyl (C=O) groups excluding carboxylic acids is 3. The summed E-state index contributed by atoms with van der Waals surface area (Å²) in [6.07, 6.45) is 17.1. The number of carboxylic acid groups (broad SMARTS) is 1. The molecule has 8 heteroatoms. The Morgan fingerprint density at radius 3 is 1.46 bits per heavy atom. The van der Waals surface area contributed by atoms with Crippen molar-refractivity contribution < 1.29 is 38.5 Å². The minimum atomic E-state index is -2.74. The first kappa shape index (κ1) is 39.3. The Morgan fingerprint density at radius 2 is 1.02 bits per heavy atom. The van der Waals surface area contributed by atoms with Crippen LogP contribution in [0.15, 0.2) is 0 Å². The molecular weight excluding hydrogens is 527 g/mol. The molecular formula is C33H60FO7-. The van der Waals surface area contributed by atoms with E-state index in [1.807, 2.05) is 6.92 Å². The Kier molecular flexibility index (Phi) is 24.9. The number of carbonyl (C=O) groups is 3. The van der Waals surface area contributed by atoms with E-state index in [2.05, 4.69) is 13.8 Å². The molecule has 1 N–H and O–H groups in total. The first-order valence-electron chi connectivity index (χ1n) is 16.6. The van der Waals surface area contributed by atoms with E-state index < -0.39 is 42.7 Å². The molecule has 0 fully saturated rings. The number of ether oxygens (including phenoxy) is 2. The van der Waals surface area contributed by atoms with E-state index in [4.69, 9.17) is 9.47 Å². The second-order valence-electron chi connectivity index (χ2n) is 11.7. The Bertz CT molecular complexity index is 672. The molecule has 0 amide bonds. The van der Waals surface area contributed by atoms with Gasteiger partial charge in [0.05, 0.1) is 6.42 Å². The summed E-state index contributed by atoms with van der Waals surface area (Å²) in [6, 6.07) is 0. The maximum Gasteiger partial charge on any atom is 0.341 e. The van der Waals surface area contributed by atoms with E-state index in [1.165, 1.54) is 51.4 Å². The fourth-order valence-corrected chi connectivity index (χ4v) is 5.03. The number of hydrogen-bond acceptors (Lipinski definition) is 7. The molecule has 0 bridgehead atoms. The molecule has 41 heavy (non-hydrogen) atoms. The van der Waals surface area contributed by atoms with Crippen molar-refractivity contribution in [2.24, 2.45) is 0 Å². The first-order chi connectivity index (χ1) is 19.7. The van der Waals surface area contributed by atoms with Crippen molar-refractivity contribution in [1.82, 2.24) is 0 Å². The number of rotatable bonds is 29. The van der Waals surface area contributed by atoms with Crippen molar-refractivity contribution in [3.05, 3.63) is 0 Å². The standard InChI is InChI=1S/C33H61FO7/c1-4-7-10-13-15-16-17-19-21-24-28(23-20-18-14-11-8-5-2)40-31(37)27-33(39,26-30(35)36)32(38)41-29(34)25-22-12-9-6-3/h28-29,39H,4-27H2,1-3H3,(H,35,36)/p-1. The lowest BCUT2D eigenvalue weighted by molar-refractivity contribution is -0.309. The molecule has 0 aromatic carbocycles. The van der Waals surface area contributed by atoms with Gasteiger partial charge in [0.2, 0.25) is 6.36 Å². The summed E-state index contributed by atoms with van der Waals surface area (Å²) in [7, 11) is 0. The summed E-state index contributed by atoms with van der Waals surface area (Å²) in [4.78, 5) is 36.7. The highest BCUT2D eigenvalue weighted by molar-refractivity contribution is 5.89. The van der Waals surface area contributed by atoms with Gasteiger partial charge in [0.25, 0.3) is 0 Å². The second-order valence-corrected chi connectivity index (χ2v) is 11.7. The topological polar surface area (TPSA) is 113 Å². The second kappa shape index (κ2) is 26.0. The average molecular weight is 588 g/mol. The van der Waals surface area contributed by atoms with E-state index in [1.54, 1.807) is 0 Å². The summed E-state index contributed by atoms with van der Waals surface area (Å²) in [6.45, 7) is 6.39. The van der Waals surface area contributed by atoms with Gasteiger partial charge in [0, 0.05) is 18.8 Å². The summed E-state index contributed by atoms with van der Waals surface area (Å²) >= 11 is 0. The third kappa shape index (κ3) is 22.6. The molecule has 0 aliphatic heterocycles. The van der Waals surface area contributed by atoms with Crippen LogP contribution in [0.1, 0.15) is 175 Å². The van der Waals surface area contributed by atoms with Gasteiger partial charge in [-0.25, -0.2) is 9.18 Å². The van der Waals surface area contributed by atoms with Crippen LogP contribution in [0.3, 0.4) is 0 Å². The molecule has 0 rings (SSSR count). The number of unbranched alkanes of at least 4 members (excludes halogenated alkanes) is 16. The zero-order chi connectivity index (χ0) is 30.8. The number of halogens is 1. The van der Waals surface area contributed by atoms with E-state index >= 15 is 0 Å². The van der Waals surface area contributed by atoms with Gasteiger partial charge in [-0.3, -0.25) is 4.79 Å². The molecule has 0 spiro atoms. The average Bonchev–Trinajstić information content (AvgIpc) is 2.91. The van der Waals surface area contributed by atoms with Crippen LogP contribution in [-0.4, -0.2) is 41.1 Å². The number of aliphatic hydroxyl groups is 1. The van der Waals surface area contributed by atoms with Gasteiger partial charge in [0.15, 0.2) is 5.60 Å². The molecule has 0 saturated heterocycles. The highest BCUT2D eigenvalue weighted by Gasteiger charge is 2.42. The molecule has 0 aliphatic rings. The fourth-order valence-electron chi connectivity index (χ4n) is 5.03. The van der Waals surface area contributed by atoms with Crippen molar-refractivity contribution in [3.8, 4) is 0 Å². The first-order valence-corrected chi connectivity index (χ1v) is 16.6.